The van der Waals surface area contributed by atoms with Crippen molar-refractivity contribution in [2.75, 3.05) is 32.9 Å². The summed E-state index contributed by atoms with van der Waals surface area (Å²) in [6.45, 7) is 0.988. The van der Waals surface area contributed by atoms with Crippen LogP contribution in [0.25, 0.3) is 6.08 Å². The van der Waals surface area contributed by atoms with E-state index in [0.717, 1.165) is 16.1 Å². The predicted molar refractivity (Wildman–Crippen MR) is 126 cm³/mol. The first-order valence-corrected chi connectivity index (χ1v) is 11.0. The smallest absolute Gasteiger partial charge is 0.271 e. The lowest BCUT2D eigenvalue weighted by atomic mass is 10.1. The van der Waals surface area contributed by atoms with Gasteiger partial charge < -0.3 is 19.1 Å². The Morgan fingerprint density at radius 1 is 1.07 bits per heavy atom. The third-order valence-electron chi connectivity index (χ3n) is 4.75. The Labute approximate surface area is 191 Å². The van der Waals surface area contributed by atoms with Gasteiger partial charge in [0.2, 0.25) is 5.75 Å². The molecule has 0 unspecified atom stereocenters. The molecule has 30 heavy (non-hydrogen) atoms. The summed E-state index contributed by atoms with van der Waals surface area (Å²) in [7, 11) is 4.69. The first-order chi connectivity index (χ1) is 14.5. The highest BCUT2D eigenvalue weighted by atomic mass is 127. The molecule has 1 aliphatic heterocycles. The lowest BCUT2D eigenvalue weighted by molar-refractivity contribution is 0.324. The molecule has 156 valence electrons. The number of hydrogen-bond donors (Lipinski definition) is 0. The minimum absolute atomic E-state index is 0.0669. The topological polar surface area (TPSA) is 65.3 Å². The van der Waals surface area contributed by atoms with Gasteiger partial charge in [0, 0.05) is 9.26 Å². The van der Waals surface area contributed by atoms with Gasteiger partial charge in [0.15, 0.2) is 16.3 Å². The van der Waals surface area contributed by atoms with Crippen molar-refractivity contribution < 1.29 is 14.2 Å². The van der Waals surface area contributed by atoms with E-state index in [4.69, 9.17) is 14.2 Å². The van der Waals surface area contributed by atoms with Crippen LogP contribution in [0.1, 0.15) is 5.56 Å². The zero-order chi connectivity index (χ0) is 21.3. The number of ether oxygens (including phenoxy) is 3. The van der Waals surface area contributed by atoms with Gasteiger partial charge in [-0.1, -0.05) is 11.3 Å². The average Bonchev–Trinajstić information content (AvgIpc) is 3.08. The number of rotatable bonds is 5. The molecule has 3 aromatic rings. The molecule has 0 amide bonds. The molecule has 1 aliphatic rings. The van der Waals surface area contributed by atoms with E-state index < -0.39 is 0 Å². The Morgan fingerprint density at radius 2 is 1.73 bits per heavy atom. The molecule has 0 saturated heterocycles. The lowest BCUT2D eigenvalue weighted by Gasteiger charge is -2.25. The fourth-order valence-electron chi connectivity index (χ4n) is 3.26. The zero-order valence-corrected chi connectivity index (χ0v) is 19.7. The van der Waals surface area contributed by atoms with Crippen molar-refractivity contribution in [1.82, 2.24) is 4.57 Å². The molecule has 0 saturated carbocycles. The molecule has 0 aliphatic carbocycles. The molecule has 0 spiro atoms. The van der Waals surface area contributed by atoms with E-state index in [1.54, 1.807) is 25.9 Å². The summed E-state index contributed by atoms with van der Waals surface area (Å²) in [6, 6.07) is 11.8. The van der Waals surface area contributed by atoms with E-state index in [1.165, 1.54) is 14.9 Å². The van der Waals surface area contributed by atoms with E-state index in [-0.39, 0.29) is 5.56 Å². The number of aromatic nitrogens is 1. The minimum Gasteiger partial charge on any atom is -0.493 e. The highest BCUT2D eigenvalue weighted by Gasteiger charge is 2.17. The molecule has 0 atom stereocenters. The fraction of sp³-hybridized carbons (Fsp3) is 0.238. The summed E-state index contributed by atoms with van der Waals surface area (Å²) in [5, 5.41) is 0. The van der Waals surface area contributed by atoms with Crippen LogP contribution in [-0.2, 0) is 6.67 Å². The van der Waals surface area contributed by atoms with Crippen LogP contribution in [0.15, 0.2) is 46.2 Å². The highest BCUT2D eigenvalue weighted by Crippen LogP contribution is 2.38. The van der Waals surface area contributed by atoms with Gasteiger partial charge in [0.05, 0.1) is 25.9 Å². The van der Waals surface area contributed by atoms with Crippen LogP contribution < -0.4 is 34.0 Å². The van der Waals surface area contributed by atoms with E-state index in [0.29, 0.717) is 35.1 Å². The summed E-state index contributed by atoms with van der Waals surface area (Å²) in [5.41, 5.74) is 1.76. The van der Waals surface area contributed by atoms with Crippen LogP contribution in [0.5, 0.6) is 17.2 Å². The van der Waals surface area contributed by atoms with E-state index in [2.05, 4.69) is 32.5 Å². The second-order valence-corrected chi connectivity index (χ2v) is 8.80. The third kappa shape index (κ3) is 3.91. The monoisotopic (exact) mass is 537 g/mol. The summed E-state index contributed by atoms with van der Waals surface area (Å²) in [4.78, 5) is 20.4. The van der Waals surface area contributed by atoms with Crippen molar-refractivity contribution in [2.24, 2.45) is 4.99 Å². The van der Waals surface area contributed by atoms with Crippen molar-refractivity contribution in [2.45, 2.75) is 6.67 Å². The largest absolute Gasteiger partial charge is 0.493 e. The summed E-state index contributed by atoms with van der Waals surface area (Å²) >= 11 is 3.66. The highest BCUT2D eigenvalue weighted by molar-refractivity contribution is 14.1. The van der Waals surface area contributed by atoms with Gasteiger partial charge in [-0.2, -0.15) is 0 Å². The molecule has 0 N–H and O–H groups in total. The Morgan fingerprint density at radius 3 is 2.33 bits per heavy atom. The fourth-order valence-corrected chi connectivity index (χ4v) is 4.59. The van der Waals surface area contributed by atoms with E-state index in [9.17, 15) is 4.79 Å². The van der Waals surface area contributed by atoms with Crippen LogP contribution in [0, 0.1) is 3.57 Å². The maximum atomic E-state index is 13.0. The Bertz CT molecular complexity index is 1230. The van der Waals surface area contributed by atoms with Crippen LogP contribution in [0.4, 0.5) is 5.69 Å². The molecule has 0 fully saturated rings. The van der Waals surface area contributed by atoms with Crippen LogP contribution in [-0.4, -0.2) is 32.6 Å². The molecule has 0 bridgehead atoms. The van der Waals surface area contributed by atoms with Crippen LogP contribution >= 0.6 is 33.9 Å². The standard InChI is InChI=1S/C21H20IN3O4S/c1-27-16-8-13(9-17(28-2)19(16)29-3)10-18-20(26)25-12-24(11-23-21(25)30-18)15-6-4-14(22)5-7-15/h4-10H,11-12H2,1-3H3/b18-10-. The van der Waals surface area contributed by atoms with E-state index in [1.807, 2.05) is 42.5 Å². The average molecular weight is 537 g/mol. The molecular formula is C21H20IN3O4S. The molecule has 4 rings (SSSR count). The van der Waals surface area contributed by atoms with Gasteiger partial charge in [0.25, 0.3) is 5.56 Å². The van der Waals surface area contributed by atoms with Gasteiger partial charge >= 0.3 is 0 Å². The van der Waals surface area contributed by atoms with Crippen molar-refractivity contribution >= 4 is 45.7 Å². The number of methoxy groups -OCH3 is 3. The molecule has 1 aromatic heterocycles. The van der Waals surface area contributed by atoms with Gasteiger partial charge in [-0.25, -0.2) is 4.99 Å². The molecular weight excluding hydrogens is 517 g/mol. The Kier molecular flexibility index (Phi) is 6.00. The molecule has 7 nitrogen and oxygen atoms in total. The maximum absolute atomic E-state index is 13.0. The van der Waals surface area contributed by atoms with Gasteiger partial charge in [-0.3, -0.25) is 9.36 Å². The molecule has 0 radical (unpaired) electrons. The number of anilines is 1. The maximum Gasteiger partial charge on any atom is 0.271 e. The number of benzene rings is 2. The predicted octanol–water partition coefficient (Wildman–Crippen LogP) is 2.42. The van der Waals surface area contributed by atoms with Crippen molar-refractivity contribution in [3.63, 3.8) is 0 Å². The minimum atomic E-state index is -0.0669. The molecule has 2 aromatic carbocycles. The van der Waals surface area contributed by atoms with Crippen LogP contribution in [0.2, 0.25) is 0 Å². The van der Waals surface area contributed by atoms with Crippen molar-refractivity contribution in [3.05, 3.63) is 65.2 Å². The number of thiazole rings is 1. The second kappa shape index (κ2) is 8.68. The number of hydrogen-bond acceptors (Lipinski definition) is 7. The molecule has 9 heteroatoms. The second-order valence-electron chi connectivity index (χ2n) is 6.54. The van der Waals surface area contributed by atoms with Crippen LogP contribution in [0.3, 0.4) is 0 Å². The number of fused-ring (bicyclic) bond motifs is 1. The zero-order valence-electron chi connectivity index (χ0n) is 16.7. The van der Waals surface area contributed by atoms with Gasteiger partial charge in [-0.05, 0) is 70.6 Å². The van der Waals surface area contributed by atoms with E-state index >= 15 is 0 Å². The third-order valence-corrected chi connectivity index (χ3v) is 6.52. The summed E-state index contributed by atoms with van der Waals surface area (Å²) in [5.74, 6) is 1.60. The SMILES string of the molecule is COc1cc(/C=c2\sc3n(c2=O)CN(c2ccc(I)cc2)CN=3)cc(OC)c1OC. The Balaban J connectivity index is 1.73. The van der Waals surface area contributed by atoms with Gasteiger partial charge in [0.1, 0.15) is 13.3 Å². The first kappa shape index (κ1) is 20.7. The Hall–Kier alpha value is -2.53. The summed E-state index contributed by atoms with van der Waals surface area (Å²) in [6.07, 6.45) is 1.83. The number of nitrogens with zero attached hydrogens (tertiary/aromatic N) is 3. The summed E-state index contributed by atoms with van der Waals surface area (Å²) < 4.78 is 19.7. The van der Waals surface area contributed by atoms with Crippen molar-refractivity contribution in [3.8, 4) is 17.2 Å². The normalized spacial score (nSPS) is 13.6. The first-order valence-electron chi connectivity index (χ1n) is 9.10. The van der Waals surface area contributed by atoms with Crippen molar-refractivity contribution in [1.29, 1.82) is 0 Å². The number of halogens is 1. The quantitative estimate of drug-likeness (QED) is 0.468. The molecule has 2 heterocycles. The van der Waals surface area contributed by atoms with Gasteiger partial charge in [-0.15, -0.1) is 0 Å². The lowest BCUT2D eigenvalue weighted by Crippen LogP contribution is -2.42.